The first-order chi connectivity index (χ1) is 12.4. The molecule has 0 aliphatic carbocycles. The summed E-state index contributed by atoms with van der Waals surface area (Å²) in [6.07, 6.45) is -1.25. The van der Waals surface area contributed by atoms with E-state index in [2.05, 4.69) is 0 Å². The molecule has 27 heavy (non-hydrogen) atoms. The molecule has 2 rings (SSSR count). The Kier molecular flexibility index (Phi) is 5.61. The fourth-order valence-corrected chi connectivity index (χ4v) is 4.88. The van der Waals surface area contributed by atoms with E-state index in [1.165, 1.54) is 21.1 Å². The molecule has 0 unspecified atom stereocenters. The number of nitrogens with zero attached hydrogens (tertiary/aromatic N) is 2. The molecule has 0 radical (unpaired) electrons. The molecule has 0 aromatic rings. The van der Waals surface area contributed by atoms with E-state index in [1.807, 2.05) is 0 Å². The molecule has 2 heterocycles. The highest BCUT2D eigenvalue weighted by atomic mass is 32.2. The van der Waals surface area contributed by atoms with Crippen molar-refractivity contribution in [3.63, 3.8) is 0 Å². The zero-order valence-corrected chi connectivity index (χ0v) is 16.0. The van der Waals surface area contributed by atoms with Crippen LogP contribution in [0.15, 0.2) is 11.3 Å². The van der Waals surface area contributed by atoms with Gasteiger partial charge in [-0.15, -0.1) is 0 Å². The highest BCUT2D eigenvalue weighted by Crippen LogP contribution is 2.38. The molecule has 1 N–H and O–H groups in total. The number of hydrogen-bond donors (Lipinski definition) is 1. The second-order valence-electron chi connectivity index (χ2n) is 6.22. The van der Waals surface area contributed by atoms with E-state index in [-0.39, 0.29) is 11.3 Å². The molecule has 0 bridgehead atoms. The van der Waals surface area contributed by atoms with Crippen molar-refractivity contribution < 1.29 is 42.2 Å². The number of amides is 2. The highest BCUT2D eigenvalue weighted by Gasteiger charge is 2.60. The molecule has 0 aromatic heterocycles. The second kappa shape index (κ2) is 7.27. The number of hydrogen-bond acceptors (Lipinski definition) is 8. The van der Waals surface area contributed by atoms with Crippen LogP contribution in [-0.2, 0) is 38.5 Å². The van der Waals surface area contributed by atoms with Gasteiger partial charge in [0, 0.05) is 26.7 Å². The Morgan fingerprint density at radius 2 is 1.96 bits per heavy atom. The smallest absolute Gasteiger partial charge is 0.326 e. The Hall–Kier alpha value is -2.47. The number of carboxylic acid groups (broad SMARTS) is 1. The summed E-state index contributed by atoms with van der Waals surface area (Å²) < 4.78 is 34.8. The maximum absolute atomic E-state index is 12.9. The number of carboxylic acids is 1. The maximum Gasteiger partial charge on any atom is 0.326 e. The van der Waals surface area contributed by atoms with Crippen LogP contribution in [0, 0.1) is 0 Å². The Morgan fingerprint density at radius 3 is 2.44 bits per heavy atom. The van der Waals surface area contributed by atoms with Crippen molar-refractivity contribution in [3.05, 3.63) is 11.3 Å². The number of ether oxygens (including phenoxy) is 2. The Morgan fingerprint density at radius 1 is 1.37 bits per heavy atom. The number of aliphatic carboxylic acids is 1. The second-order valence-corrected chi connectivity index (χ2v) is 8.32. The summed E-state index contributed by atoms with van der Waals surface area (Å²) in [7, 11) is -1.51. The molecule has 11 nitrogen and oxygen atoms in total. The molecule has 12 heteroatoms. The van der Waals surface area contributed by atoms with Gasteiger partial charge in [-0.25, -0.2) is 13.2 Å². The Labute approximate surface area is 155 Å². The molecule has 1 saturated heterocycles. The normalized spacial score (nSPS) is 24.6. The van der Waals surface area contributed by atoms with Crippen molar-refractivity contribution in [3.8, 4) is 0 Å². The maximum atomic E-state index is 12.9. The summed E-state index contributed by atoms with van der Waals surface area (Å²) in [5, 5.41) is 7.73. The van der Waals surface area contributed by atoms with Crippen molar-refractivity contribution in [2.45, 2.75) is 31.4 Å². The predicted octanol–water partition coefficient (Wildman–Crippen LogP) is -1.65. The standard InChI is InChI=1S/C15H20N2O9S/c1-7(15(21)22)16(3)12(19)10-9(5-26-8(2)18)6-27(23,24)14-11(25-4)13(20)17(10)14/h7,11,14H,5-6H2,1-4H3,(H,21,22)/t7-,11-,14+/m0/s1. The zero-order valence-electron chi connectivity index (χ0n) is 15.2. The van der Waals surface area contributed by atoms with Crippen LogP contribution in [0.3, 0.4) is 0 Å². The van der Waals surface area contributed by atoms with E-state index in [9.17, 15) is 27.6 Å². The number of rotatable bonds is 6. The molecular formula is C15H20N2O9S. The lowest BCUT2D eigenvalue weighted by atomic mass is 10.0. The van der Waals surface area contributed by atoms with E-state index in [4.69, 9.17) is 14.6 Å². The minimum absolute atomic E-state index is 0.0983. The summed E-state index contributed by atoms with van der Waals surface area (Å²) in [6, 6.07) is -1.23. The van der Waals surface area contributed by atoms with Crippen LogP contribution < -0.4 is 0 Å². The predicted molar refractivity (Wildman–Crippen MR) is 88.7 cm³/mol. The largest absolute Gasteiger partial charge is 0.480 e. The molecule has 2 amide bonds. The molecule has 2 aliphatic rings. The highest BCUT2D eigenvalue weighted by molar-refractivity contribution is 7.92. The monoisotopic (exact) mass is 404 g/mol. The van der Waals surface area contributed by atoms with E-state index < -0.39 is 63.5 Å². The van der Waals surface area contributed by atoms with Crippen LogP contribution in [0.5, 0.6) is 0 Å². The zero-order chi connectivity index (χ0) is 20.7. The van der Waals surface area contributed by atoms with Gasteiger partial charge in [0.1, 0.15) is 18.3 Å². The first-order valence-corrected chi connectivity index (χ1v) is 9.58. The average Bonchev–Trinajstić information content (AvgIpc) is 2.58. The summed E-state index contributed by atoms with van der Waals surface area (Å²) in [4.78, 5) is 49.2. The summed E-state index contributed by atoms with van der Waals surface area (Å²) >= 11 is 0. The van der Waals surface area contributed by atoms with Crippen LogP contribution in [0.25, 0.3) is 0 Å². The van der Waals surface area contributed by atoms with E-state index >= 15 is 0 Å². The van der Waals surface area contributed by atoms with Gasteiger partial charge >= 0.3 is 11.9 Å². The number of β-lactam (4-membered cyclic amide) rings is 1. The van der Waals surface area contributed by atoms with Gasteiger partial charge in [-0.05, 0) is 6.92 Å². The lowest BCUT2D eigenvalue weighted by Gasteiger charge is -2.49. The first kappa shape index (κ1) is 20.8. The lowest BCUT2D eigenvalue weighted by Crippen LogP contribution is -2.71. The number of sulfone groups is 1. The summed E-state index contributed by atoms with van der Waals surface area (Å²) in [5.41, 5.74) is -0.399. The van der Waals surface area contributed by atoms with E-state index in [1.54, 1.807) is 0 Å². The Bertz CT molecular complexity index is 832. The quantitative estimate of drug-likeness (QED) is 0.406. The number of fused-ring (bicyclic) bond motifs is 1. The van der Waals surface area contributed by atoms with Gasteiger partial charge in [-0.3, -0.25) is 19.3 Å². The number of esters is 1. The van der Waals surface area contributed by atoms with Crippen LogP contribution in [0.4, 0.5) is 0 Å². The third-order valence-corrected chi connectivity index (χ3v) is 6.42. The molecule has 0 spiro atoms. The fraction of sp³-hybridized carbons (Fsp3) is 0.600. The van der Waals surface area contributed by atoms with Gasteiger partial charge in [-0.2, -0.15) is 0 Å². The third-order valence-electron chi connectivity index (χ3n) is 4.48. The minimum Gasteiger partial charge on any atom is -0.480 e. The SMILES string of the molecule is CO[C@H]1C(=O)N2C(C(=O)N(C)[C@@H](C)C(=O)O)=C(COC(C)=O)CS(=O)(=O)[C@H]12. The fourth-order valence-electron chi connectivity index (χ4n) is 2.87. The molecule has 1 fully saturated rings. The molecule has 0 saturated carbocycles. The van der Waals surface area contributed by atoms with Gasteiger partial charge in [-0.1, -0.05) is 0 Å². The van der Waals surface area contributed by atoms with Crippen molar-refractivity contribution >= 4 is 33.6 Å². The van der Waals surface area contributed by atoms with Crippen molar-refractivity contribution in [2.24, 2.45) is 0 Å². The molecule has 150 valence electrons. The van der Waals surface area contributed by atoms with Gasteiger partial charge in [0.25, 0.3) is 11.8 Å². The topological polar surface area (TPSA) is 148 Å². The van der Waals surface area contributed by atoms with Gasteiger partial charge in [0.15, 0.2) is 21.3 Å². The van der Waals surface area contributed by atoms with E-state index in [0.717, 1.165) is 16.7 Å². The lowest BCUT2D eigenvalue weighted by molar-refractivity contribution is -0.162. The van der Waals surface area contributed by atoms with Gasteiger partial charge in [0.05, 0.1) is 5.75 Å². The van der Waals surface area contributed by atoms with Crippen molar-refractivity contribution in [1.29, 1.82) is 0 Å². The summed E-state index contributed by atoms with van der Waals surface area (Å²) in [5.74, 6) is -4.21. The molecule has 0 aromatic carbocycles. The average molecular weight is 404 g/mol. The van der Waals surface area contributed by atoms with Crippen LogP contribution in [0.1, 0.15) is 13.8 Å². The van der Waals surface area contributed by atoms with Crippen LogP contribution in [-0.4, -0.2) is 91.1 Å². The van der Waals surface area contributed by atoms with Crippen molar-refractivity contribution in [2.75, 3.05) is 26.5 Å². The number of carbonyl (C=O) groups is 4. The number of carbonyl (C=O) groups excluding carboxylic acids is 3. The van der Waals surface area contributed by atoms with Crippen molar-refractivity contribution in [1.82, 2.24) is 9.80 Å². The van der Waals surface area contributed by atoms with Gasteiger partial charge < -0.3 is 19.5 Å². The molecule has 2 aliphatic heterocycles. The van der Waals surface area contributed by atoms with Crippen LogP contribution >= 0.6 is 0 Å². The molecule has 3 atom stereocenters. The number of likely N-dealkylation sites (N-methyl/N-ethyl adjacent to an activating group) is 1. The minimum atomic E-state index is -3.90. The number of methoxy groups -OCH3 is 1. The van der Waals surface area contributed by atoms with Crippen LogP contribution in [0.2, 0.25) is 0 Å². The van der Waals surface area contributed by atoms with E-state index in [0.29, 0.717) is 0 Å². The summed E-state index contributed by atoms with van der Waals surface area (Å²) in [6.45, 7) is 1.86. The Balaban J connectivity index is 2.54. The van der Waals surface area contributed by atoms with Gasteiger partial charge in [0.2, 0.25) is 0 Å². The first-order valence-electron chi connectivity index (χ1n) is 7.86. The molecular weight excluding hydrogens is 384 g/mol. The third kappa shape index (κ3) is 3.54.